The summed E-state index contributed by atoms with van der Waals surface area (Å²) in [4.78, 5) is 4.41. The predicted molar refractivity (Wildman–Crippen MR) is 99.3 cm³/mol. The highest BCUT2D eigenvalue weighted by molar-refractivity contribution is 7.09. The van der Waals surface area contributed by atoms with Crippen molar-refractivity contribution in [1.82, 2.24) is 9.36 Å². The first-order valence-electron chi connectivity index (χ1n) is 8.04. The third kappa shape index (κ3) is 3.99. The second-order valence-electron chi connectivity index (χ2n) is 6.00. The molecule has 0 saturated heterocycles. The summed E-state index contributed by atoms with van der Waals surface area (Å²) in [6.07, 6.45) is -0.582. The van der Waals surface area contributed by atoms with E-state index in [0.29, 0.717) is 12.5 Å². The molecule has 0 fully saturated rings. The van der Waals surface area contributed by atoms with E-state index < -0.39 is 6.10 Å². The molecule has 2 N–H and O–H groups in total. The van der Waals surface area contributed by atoms with Crippen molar-refractivity contribution in [3.63, 3.8) is 0 Å². The molecule has 2 aromatic carbocycles. The Morgan fingerprint density at radius 1 is 1.00 bits per heavy atom. The lowest BCUT2D eigenvalue weighted by Gasteiger charge is -2.12. The van der Waals surface area contributed by atoms with Crippen molar-refractivity contribution in [2.75, 3.05) is 11.9 Å². The molecule has 1 unspecified atom stereocenters. The number of rotatable bonds is 6. The average molecular weight is 339 g/mol. The highest BCUT2D eigenvalue weighted by atomic mass is 32.1. The Labute approximate surface area is 146 Å². The lowest BCUT2D eigenvalue weighted by molar-refractivity contribution is 0.191. The van der Waals surface area contributed by atoms with Crippen molar-refractivity contribution in [3.8, 4) is 11.1 Å². The number of benzene rings is 2. The van der Waals surface area contributed by atoms with E-state index in [2.05, 4.69) is 40.7 Å². The highest BCUT2D eigenvalue weighted by Crippen LogP contribution is 2.23. The van der Waals surface area contributed by atoms with Crippen LogP contribution in [0, 0.1) is 0 Å². The summed E-state index contributed by atoms with van der Waals surface area (Å²) in [7, 11) is 0. The maximum atomic E-state index is 10.4. The van der Waals surface area contributed by atoms with E-state index in [1.165, 1.54) is 17.1 Å². The number of hydrogen-bond acceptors (Lipinski definition) is 5. The summed E-state index contributed by atoms with van der Waals surface area (Å²) in [5, 5.41) is 14.3. The van der Waals surface area contributed by atoms with Crippen LogP contribution < -0.4 is 5.32 Å². The van der Waals surface area contributed by atoms with Gasteiger partial charge in [0, 0.05) is 24.0 Å². The molecule has 1 heterocycles. The average Bonchev–Trinajstić information content (AvgIpc) is 3.10. The standard InChI is InChI=1S/C19H21N3OS/c1-13(2)18-21-19(24-22-18)20-12-17(23)16-10-8-15(9-11-16)14-6-4-3-5-7-14/h3-11,13,17,23H,12H2,1-2H3,(H,20,21,22). The largest absolute Gasteiger partial charge is 0.387 e. The van der Waals surface area contributed by atoms with E-state index >= 15 is 0 Å². The molecular formula is C19H21N3OS. The predicted octanol–water partition coefficient (Wildman–Crippen LogP) is 4.47. The van der Waals surface area contributed by atoms with Gasteiger partial charge in [-0.2, -0.15) is 4.37 Å². The van der Waals surface area contributed by atoms with Gasteiger partial charge in [-0.15, -0.1) is 0 Å². The van der Waals surface area contributed by atoms with Gasteiger partial charge in [0.25, 0.3) is 0 Å². The van der Waals surface area contributed by atoms with Crippen LogP contribution in [0.4, 0.5) is 5.13 Å². The van der Waals surface area contributed by atoms with Gasteiger partial charge in [-0.05, 0) is 16.7 Å². The van der Waals surface area contributed by atoms with Crippen molar-refractivity contribution < 1.29 is 5.11 Å². The van der Waals surface area contributed by atoms with Gasteiger partial charge in [0.1, 0.15) is 5.82 Å². The molecule has 0 aliphatic carbocycles. The zero-order valence-electron chi connectivity index (χ0n) is 13.8. The molecule has 5 heteroatoms. The fourth-order valence-corrected chi connectivity index (χ4v) is 3.09. The van der Waals surface area contributed by atoms with Crippen LogP contribution in [-0.4, -0.2) is 21.0 Å². The van der Waals surface area contributed by atoms with Crippen LogP contribution in [0.3, 0.4) is 0 Å². The SMILES string of the molecule is CC(C)c1nsc(NCC(O)c2ccc(-c3ccccc3)cc2)n1. The summed E-state index contributed by atoms with van der Waals surface area (Å²) in [6.45, 7) is 4.54. The number of aliphatic hydroxyl groups excluding tert-OH is 1. The highest BCUT2D eigenvalue weighted by Gasteiger charge is 2.11. The van der Waals surface area contributed by atoms with Crippen molar-refractivity contribution in [1.29, 1.82) is 0 Å². The first kappa shape index (κ1) is 16.6. The van der Waals surface area contributed by atoms with Crippen molar-refractivity contribution in [3.05, 3.63) is 66.0 Å². The topological polar surface area (TPSA) is 58.0 Å². The van der Waals surface area contributed by atoms with Crippen LogP contribution in [0.5, 0.6) is 0 Å². The second kappa shape index (κ2) is 7.55. The molecule has 0 aliphatic rings. The summed E-state index contributed by atoms with van der Waals surface area (Å²) in [5.74, 6) is 1.15. The Kier molecular flexibility index (Phi) is 5.23. The molecule has 0 radical (unpaired) electrons. The smallest absolute Gasteiger partial charge is 0.202 e. The molecule has 124 valence electrons. The van der Waals surface area contributed by atoms with Crippen molar-refractivity contribution >= 4 is 16.7 Å². The van der Waals surface area contributed by atoms with E-state index in [0.717, 1.165) is 22.1 Å². The van der Waals surface area contributed by atoms with Gasteiger partial charge >= 0.3 is 0 Å². The molecule has 0 spiro atoms. The number of hydrogen-bond donors (Lipinski definition) is 2. The monoisotopic (exact) mass is 339 g/mol. The normalized spacial score (nSPS) is 12.3. The minimum atomic E-state index is -0.582. The maximum absolute atomic E-state index is 10.4. The molecule has 4 nitrogen and oxygen atoms in total. The lowest BCUT2D eigenvalue weighted by atomic mass is 10.0. The number of nitrogens with zero attached hydrogens (tertiary/aromatic N) is 2. The molecule has 1 aromatic heterocycles. The molecule has 0 aliphatic heterocycles. The number of nitrogens with one attached hydrogen (secondary N) is 1. The van der Waals surface area contributed by atoms with E-state index in [1.807, 2.05) is 42.5 Å². The molecule has 0 saturated carbocycles. The van der Waals surface area contributed by atoms with Gasteiger partial charge < -0.3 is 10.4 Å². The van der Waals surface area contributed by atoms with Gasteiger partial charge in [-0.25, -0.2) is 4.98 Å². The number of anilines is 1. The number of aliphatic hydroxyl groups is 1. The zero-order chi connectivity index (χ0) is 16.9. The third-order valence-corrected chi connectivity index (χ3v) is 4.49. The Morgan fingerprint density at radius 2 is 1.67 bits per heavy atom. The van der Waals surface area contributed by atoms with Crippen LogP contribution in [0.15, 0.2) is 54.6 Å². The first-order chi connectivity index (χ1) is 11.6. The maximum Gasteiger partial charge on any atom is 0.202 e. The molecular weight excluding hydrogens is 318 g/mol. The van der Waals surface area contributed by atoms with E-state index in [9.17, 15) is 5.11 Å². The van der Waals surface area contributed by atoms with Crippen LogP contribution in [0.1, 0.15) is 37.3 Å². The van der Waals surface area contributed by atoms with Crippen LogP contribution in [-0.2, 0) is 0 Å². The van der Waals surface area contributed by atoms with Gasteiger partial charge in [-0.3, -0.25) is 0 Å². The fraction of sp³-hybridized carbons (Fsp3) is 0.263. The van der Waals surface area contributed by atoms with E-state index in [-0.39, 0.29) is 0 Å². The lowest BCUT2D eigenvalue weighted by Crippen LogP contribution is -2.12. The van der Waals surface area contributed by atoms with Crippen molar-refractivity contribution in [2.45, 2.75) is 25.9 Å². The fourth-order valence-electron chi connectivity index (χ4n) is 2.37. The van der Waals surface area contributed by atoms with E-state index in [1.54, 1.807) is 0 Å². The second-order valence-corrected chi connectivity index (χ2v) is 6.75. The van der Waals surface area contributed by atoms with Gasteiger partial charge in [0.15, 0.2) is 0 Å². The Bertz CT molecular complexity index is 769. The molecule has 3 rings (SSSR count). The Balaban J connectivity index is 1.61. The summed E-state index contributed by atoms with van der Waals surface area (Å²) >= 11 is 1.33. The van der Waals surface area contributed by atoms with Crippen molar-refractivity contribution in [2.24, 2.45) is 0 Å². The Morgan fingerprint density at radius 3 is 2.29 bits per heavy atom. The molecule has 0 bridgehead atoms. The third-order valence-electron chi connectivity index (χ3n) is 3.81. The van der Waals surface area contributed by atoms with Crippen LogP contribution in [0.25, 0.3) is 11.1 Å². The van der Waals surface area contributed by atoms with Crippen LogP contribution >= 0.6 is 11.5 Å². The van der Waals surface area contributed by atoms with E-state index in [4.69, 9.17) is 0 Å². The molecule has 1 atom stereocenters. The van der Waals surface area contributed by atoms with Gasteiger partial charge in [0.05, 0.1) is 6.10 Å². The zero-order valence-corrected chi connectivity index (χ0v) is 14.6. The number of aromatic nitrogens is 2. The van der Waals surface area contributed by atoms with Gasteiger partial charge in [0.2, 0.25) is 5.13 Å². The van der Waals surface area contributed by atoms with Crippen LogP contribution in [0.2, 0.25) is 0 Å². The summed E-state index contributed by atoms with van der Waals surface area (Å²) < 4.78 is 4.30. The van der Waals surface area contributed by atoms with Gasteiger partial charge in [-0.1, -0.05) is 68.4 Å². The first-order valence-corrected chi connectivity index (χ1v) is 8.82. The quantitative estimate of drug-likeness (QED) is 0.695. The minimum absolute atomic E-state index is 0.312. The summed E-state index contributed by atoms with van der Waals surface area (Å²) in [5.41, 5.74) is 3.20. The minimum Gasteiger partial charge on any atom is -0.387 e. The molecule has 3 aromatic rings. The summed E-state index contributed by atoms with van der Waals surface area (Å²) in [6, 6.07) is 18.2. The molecule has 24 heavy (non-hydrogen) atoms. The molecule has 0 amide bonds. The Hall–Kier alpha value is -2.24.